The van der Waals surface area contributed by atoms with Gasteiger partial charge in [0.15, 0.2) is 0 Å². The third-order valence-electron chi connectivity index (χ3n) is 4.48. The summed E-state index contributed by atoms with van der Waals surface area (Å²) in [6.07, 6.45) is 3.85. The second-order valence-electron chi connectivity index (χ2n) is 7.54. The minimum Gasteiger partial charge on any atom is -0.492 e. The summed E-state index contributed by atoms with van der Waals surface area (Å²) >= 11 is 0. The van der Waals surface area contributed by atoms with Gasteiger partial charge in [-0.15, -0.1) is 12.4 Å². The summed E-state index contributed by atoms with van der Waals surface area (Å²) in [6.45, 7) is 7.59. The van der Waals surface area contributed by atoms with Crippen molar-refractivity contribution in [2.24, 2.45) is 11.7 Å². The Balaban J connectivity index is 0.00000288. The van der Waals surface area contributed by atoms with Gasteiger partial charge < -0.3 is 15.8 Å². The second kappa shape index (κ2) is 9.28. The van der Waals surface area contributed by atoms with Crippen molar-refractivity contribution in [1.29, 1.82) is 0 Å². The molecule has 1 amide bonds. The van der Waals surface area contributed by atoms with Crippen LogP contribution in [-0.4, -0.2) is 25.1 Å². The lowest BCUT2D eigenvalue weighted by atomic mass is 9.85. The number of nitrogens with one attached hydrogen (secondary N) is 1. The largest absolute Gasteiger partial charge is 0.492 e. The Morgan fingerprint density at radius 1 is 1.25 bits per heavy atom. The lowest BCUT2D eigenvalue weighted by Gasteiger charge is -2.25. The zero-order chi connectivity index (χ0) is 16.9. The van der Waals surface area contributed by atoms with Crippen LogP contribution in [0.1, 0.15) is 52.0 Å². The summed E-state index contributed by atoms with van der Waals surface area (Å²) in [6, 6.07) is 8.34. The summed E-state index contributed by atoms with van der Waals surface area (Å²) in [4.78, 5) is 12.1. The van der Waals surface area contributed by atoms with Crippen molar-refractivity contribution >= 4 is 18.3 Å². The average Bonchev–Trinajstić information content (AvgIpc) is 2.51. The fourth-order valence-electron chi connectivity index (χ4n) is 3.00. The van der Waals surface area contributed by atoms with Crippen molar-refractivity contribution < 1.29 is 9.53 Å². The highest BCUT2D eigenvalue weighted by molar-refractivity contribution is 5.85. The van der Waals surface area contributed by atoms with E-state index in [-0.39, 0.29) is 35.7 Å². The normalized spacial score (nSPS) is 20.8. The molecule has 3 N–H and O–H groups in total. The monoisotopic (exact) mass is 354 g/mol. The molecule has 0 heterocycles. The van der Waals surface area contributed by atoms with E-state index in [9.17, 15) is 4.79 Å². The van der Waals surface area contributed by atoms with E-state index in [4.69, 9.17) is 10.5 Å². The smallest absolute Gasteiger partial charge is 0.223 e. The molecule has 24 heavy (non-hydrogen) atoms. The molecule has 0 aromatic heterocycles. The number of ether oxygens (including phenoxy) is 1. The zero-order valence-electron chi connectivity index (χ0n) is 15.0. The van der Waals surface area contributed by atoms with Crippen molar-refractivity contribution in [3.8, 4) is 5.75 Å². The van der Waals surface area contributed by atoms with Gasteiger partial charge in [0.25, 0.3) is 0 Å². The van der Waals surface area contributed by atoms with E-state index in [1.807, 2.05) is 12.1 Å². The fraction of sp³-hybridized carbons (Fsp3) is 0.632. The molecule has 1 fully saturated rings. The van der Waals surface area contributed by atoms with Crippen LogP contribution >= 0.6 is 12.4 Å². The summed E-state index contributed by atoms with van der Waals surface area (Å²) in [5.41, 5.74) is 7.36. The number of amides is 1. The second-order valence-corrected chi connectivity index (χ2v) is 7.54. The molecule has 2 atom stereocenters. The number of nitrogens with two attached hydrogens (primary N) is 1. The Bertz CT molecular complexity index is 511. The predicted molar refractivity (Wildman–Crippen MR) is 101 cm³/mol. The van der Waals surface area contributed by atoms with Gasteiger partial charge in [0.05, 0.1) is 6.54 Å². The van der Waals surface area contributed by atoms with Crippen LogP contribution in [0.25, 0.3) is 0 Å². The highest BCUT2D eigenvalue weighted by Gasteiger charge is 2.24. The third-order valence-corrected chi connectivity index (χ3v) is 4.48. The topological polar surface area (TPSA) is 64.3 Å². The maximum absolute atomic E-state index is 12.1. The third kappa shape index (κ3) is 6.33. The molecule has 0 spiro atoms. The van der Waals surface area contributed by atoms with Crippen LogP contribution in [0.15, 0.2) is 24.3 Å². The van der Waals surface area contributed by atoms with Gasteiger partial charge in [0.1, 0.15) is 12.4 Å². The van der Waals surface area contributed by atoms with Crippen LogP contribution in [0, 0.1) is 5.92 Å². The molecule has 0 bridgehead atoms. The first-order valence-electron chi connectivity index (χ1n) is 8.63. The van der Waals surface area contributed by atoms with Crippen molar-refractivity contribution in [3.63, 3.8) is 0 Å². The maximum Gasteiger partial charge on any atom is 0.223 e. The molecular weight excluding hydrogens is 324 g/mol. The fourth-order valence-corrected chi connectivity index (χ4v) is 3.00. The van der Waals surface area contributed by atoms with Crippen molar-refractivity contribution in [2.75, 3.05) is 13.2 Å². The Hall–Kier alpha value is -1.26. The Morgan fingerprint density at radius 3 is 2.50 bits per heavy atom. The van der Waals surface area contributed by atoms with Gasteiger partial charge in [-0.1, -0.05) is 39.3 Å². The maximum atomic E-state index is 12.1. The standard InChI is InChI=1S/C19H30N2O2.ClH/c1-19(2,3)15-7-9-17(10-8-15)23-12-11-21-18(22)14-5-4-6-16(20)13-14;/h7-10,14,16H,4-6,11-13,20H2,1-3H3,(H,21,22);1H. The van der Waals surface area contributed by atoms with Gasteiger partial charge in [-0.2, -0.15) is 0 Å². The van der Waals surface area contributed by atoms with E-state index in [0.29, 0.717) is 13.2 Å². The minimum absolute atomic E-state index is 0. The summed E-state index contributed by atoms with van der Waals surface area (Å²) in [5.74, 6) is 1.03. The summed E-state index contributed by atoms with van der Waals surface area (Å²) in [5, 5.41) is 2.96. The minimum atomic E-state index is 0. The van der Waals surface area contributed by atoms with E-state index < -0.39 is 0 Å². The molecule has 1 saturated carbocycles. The molecule has 1 aromatic rings. The molecule has 2 unspecified atom stereocenters. The number of carbonyl (C=O) groups excluding carboxylic acids is 1. The number of hydrogen-bond acceptors (Lipinski definition) is 3. The van der Waals surface area contributed by atoms with E-state index in [1.165, 1.54) is 5.56 Å². The molecular formula is C19H31ClN2O2. The summed E-state index contributed by atoms with van der Waals surface area (Å²) in [7, 11) is 0. The van der Waals surface area contributed by atoms with Crippen LogP contribution in [0.2, 0.25) is 0 Å². The predicted octanol–water partition coefficient (Wildman–Crippen LogP) is 3.42. The van der Waals surface area contributed by atoms with E-state index in [1.54, 1.807) is 0 Å². The SMILES string of the molecule is CC(C)(C)c1ccc(OCCNC(=O)C2CCCC(N)C2)cc1.Cl. The Kier molecular flexibility index (Phi) is 8.04. The van der Waals surface area contributed by atoms with E-state index in [0.717, 1.165) is 31.4 Å². The number of benzene rings is 1. The lowest BCUT2D eigenvalue weighted by molar-refractivity contribution is -0.126. The molecule has 0 radical (unpaired) electrons. The number of rotatable bonds is 5. The first-order chi connectivity index (χ1) is 10.9. The highest BCUT2D eigenvalue weighted by Crippen LogP contribution is 2.24. The Labute approximate surface area is 151 Å². The van der Waals surface area contributed by atoms with Crippen LogP contribution in [0.5, 0.6) is 5.75 Å². The number of hydrogen-bond donors (Lipinski definition) is 2. The van der Waals surface area contributed by atoms with Gasteiger partial charge >= 0.3 is 0 Å². The molecule has 1 aliphatic carbocycles. The van der Waals surface area contributed by atoms with Gasteiger partial charge in [-0.05, 0) is 42.4 Å². The Morgan fingerprint density at radius 2 is 1.92 bits per heavy atom. The van der Waals surface area contributed by atoms with Crippen LogP contribution in [0.4, 0.5) is 0 Å². The van der Waals surface area contributed by atoms with Gasteiger partial charge in [0, 0.05) is 12.0 Å². The molecule has 5 heteroatoms. The molecule has 0 saturated heterocycles. The molecule has 0 aliphatic heterocycles. The first kappa shape index (κ1) is 20.8. The quantitative estimate of drug-likeness (QED) is 0.796. The zero-order valence-corrected chi connectivity index (χ0v) is 15.8. The highest BCUT2D eigenvalue weighted by atomic mass is 35.5. The van der Waals surface area contributed by atoms with Gasteiger partial charge in [-0.25, -0.2) is 0 Å². The number of halogens is 1. The summed E-state index contributed by atoms with van der Waals surface area (Å²) < 4.78 is 5.69. The van der Waals surface area contributed by atoms with Gasteiger partial charge in [-0.3, -0.25) is 4.79 Å². The molecule has 4 nitrogen and oxygen atoms in total. The van der Waals surface area contributed by atoms with Gasteiger partial charge in [0.2, 0.25) is 5.91 Å². The molecule has 2 rings (SSSR count). The average molecular weight is 355 g/mol. The van der Waals surface area contributed by atoms with E-state index >= 15 is 0 Å². The number of carbonyl (C=O) groups is 1. The van der Waals surface area contributed by atoms with Crippen LogP contribution in [0.3, 0.4) is 0 Å². The van der Waals surface area contributed by atoms with Crippen molar-refractivity contribution in [2.45, 2.75) is 57.9 Å². The molecule has 1 aromatic carbocycles. The van der Waals surface area contributed by atoms with Crippen LogP contribution in [-0.2, 0) is 10.2 Å². The van der Waals surface area contributed by atoms with Crippen LogP contribution < -0.4 is 15.8 Å². The molecule has 136 valence electrons. The van der Waals surface area contributed by atoms with Crippen molar-refractivity contribution in [1.82, 2.24) is 5.32 Å². The van der Waals surface area contributed by atoms with E-state index in [2.05, 4.69) is 38.2 Å². The molecule has 1 aliphatic rings. The van der Waals surface area contributed by atoms with Crippen molar-refractivity contribution in [3.05, 3.63) is 29.8 Å². The lowest BCUT2D eigenvalue weighted by Crippen LogP contribution is -2.39. The first-order valence-corrected chi connectivity index (χ1v) is 8.63.